The summed E-state index contributed by atoms with van der Waals surface area (Å²) in [5.74, 6) is -0.633. The van der Waals surface area contributed by atoms with Crippen molar-refractivity contribution in [3.05, 3.63) is 22.4 Å². The van der Waals surface area contributed by atoms with Gasteiger partial charge >= 0.3 is 0 Å². The van der Waals surface area contributed by atoms with Gasteiger partial charge in [-0.25, -0.2) is 0 Å². The van der Waals surface area contributed by atoms with E-state index in [9.17, 15) is 9.59 Å². The monoisotopic (exact) mass is 265 g/mol. The lowest BCUT2D eigenvalue weighted by atomic mass is 10.2. The first kappa shape index (κ1) is 14.2. The Balaban J connectivity index is 2.50. The molecule has 2 amide bonds. The van der Waals surface area contributed by atoms with E-state index in [1.807, 2.05) is 13.0 Å². The predicted octanol–water partition coefficient (Wildman–Crippen LogP) is 1.28. The largest absolute Gasteiger partial charge is 0.340 e. The summed E-state index contributed by atoms with van der Waals surface area (Å²) in [7, 11) is 0. The van der Waals surface area contributed by atoms with E-state index < -0.39 is 12.1 Å². The number of rotatable bonds is 5. The first-order valence-corrected chi connectivity index (χ1v) is 6.50. The number of hydrogen-bond donors (Lipinski definition) is 2. The Kier molecular flexibility index (Phi) is 5.33. The molecule has 1 aromatic heterocycles. The van der Waals surface area contributed by atoms with Gasteiger partial charge in [0.25, 0.3) is 5.91 Å². The number of carbonyl (C=O) groups is 2. The van der Waals surface area contributed by atoms with Gasteiger partial charge in [0.15, 0.2) is 0 Å². The van der Waals surface area contributed by atoms with Crippen LogP contribution in [-0.2, 0) is 4.79 Å². The van der Waals surface area contributed by atoms with Gasteiger partial charge in [-0.15, -0.1) is 11.3 Å². The summed E-state index contributed by atoms with van der Waals surface area (Å²) in [6.45, 7) is 3.40. The van der Waals surface area contributed by atoms with Crippen LogP contribution >= 0.6 is 11.3 Å². The Morgan fingerprint density at radius 3 is 2.72 bits per heavy atom. The molecule has 0 aromatic carbocycles. The summed E-state index contributed by atoms with van der Waals surface area (Å²) in [4.78, 5) is 24.0. The first-order valence-electron chi connectivity index (χ1n) is 5.62. The third kappa shape index (κ3) is 3.86. The second kappa shape index (κ2) is 6.77. The predicted molar refractivity (Wildman–Crippen MR) is 69.1 cm³/mol. The molecular weight excluding hydrogens is 250 g/mol. The normalized spacial score (nSPS) is 13.2. The fourth-order valence-corrected chi connectivity index (χ4v) is 1.89. The van der Waals surface area contributed by atoms with E-state index in [-0.39, 0.29) is 11.8 Å². The van der Waals surface area contributed by atoms with Crippen LogP contribution in [0.5, 0.6) is 0 Å². The van der Waals surface area contributed by atoms with Crippen molar-refractivity contribution in [1.82, 2.24) is 10.6 Å². The molecule has 18 heavy (non-hydrogen) atoms. The molecule has 96 valence electrons. The van der Waals surface area contributed by atoms with Gasteiger partial charge in [0.2, 0.25) is 5.91 Å². The summed E-state index contributed by atoms with van der Waals surface area (Å²) in [6.07, 6.45) is 0.536. The van der Waals surface area contributed by atoms with Crippen molar-refractivity contribution in [3.63, 3.8) is 0 Å². The maximum atomic E-state index is 11.7. The first-order chi connectivity index (χ1) is 8.58. The van der Waals surface area contributed by atoms with Crippen LogP contribution in [0.4, 0.5) is 0 Å². The third-order valence-electron chi connectivity index (χ3n) is 2.37. The molecule has 0 unspecified atom stereocenters. The van der Waals surface area contributed by atoms with Crippen molar-refractivity contribution < 1.29 is 9.59 Å². The highest BCUT2D eigenvalue weighted by Gasteiger charge is 2.19. The summed E-state index contributed by atoms with van der Waals surface area (Å²) in [5, 5.41) is 15.7. The quantitative estimate of drug-likeness (QED) is 0.841. The number of nitriles is 1. The molecule has 2 N–H and O–H groups in total. The van der Waals surface area contributed by atoms with Gasteiger partial charge in [-0.2, -0.15) is 5.26 Å². The lowest BCUT2D eigenvalue weighted by Crippen LogP contribution is -2.47. The van der Waals surface area contributed by atoms with E-state index in [1.165, 1.54) is 11.3 Å². The van der Waals surface area contributed by atoms with E-state index in [1.54, 1.807) is 24.4 Å². The van der Waals surface area contributed by atoms with Crippen molar-refractivity contribution in [2.75, 3.05) is 0 Å². The molecule has 0 aliphatic carbocycles. The zero-order valence-electron chi connectivity index (χ0n) is 10.3. The van der Waals surface area contributed by atoms with E-state index in [0.29, 0.717) is 11.3 Å². The van der Waals surface area contributed by atoms with Crippen LogP contribution in [0.2, 0.25) is 0 Å². The molecule has 1 aromatic rings. The van der Waals surface area contributed by atoms with Gasteiger partial charge < -0.3 is 10.6 Å². The van der Waals surface area contributed by atoms with Crippen LogP contribution in [0.3, 0.4) is 0 Å². The van der Waals surface area contributed by atoms with Crippen molar-refractivity contribution >= 4 is 23.2 Å². The van der Waals surface area contributed by atoms with Crippen molar-refractivity contribution in [2.45, 2.75) is 32.4 Å². The van der Waals surface area contributed by atoms with Crippen LogP contribution in [-0.4, -0.2) is 23.9 Å². The third-order valence-corrected chi connectivity index (χ3v) is 3.24. The summed E-state index contributed by atoms with van der Waals surface area (Å²) >= 11 is 1.31. The molecule has 0 radical (unpaired) electrons. The maximum absolute atomic E-state index is 11.7. The molecule has 5 nitrogen and oxygen atoms in total. The summed E-state index contributed by atoms with van der Waals surface area (Å²) in [6, 6.07) is 4.26. The fraction of sp³-hybridized carbons (Fsp3) is 0.417. The Morgan fingerprint density at radius 2 is 2.22 bits per heavy atom. The molecule has 0 aliphatic rings. The Labute approximate surface area is 110 Å². The lowest BCUT2D eigenvalue weighted by Gasteiger charge is -2.15. The molecular formula is C12H15N3O2S. The highest BCUT2D eigenvalue weighted by molar-refractivity contribution is 7.12. The number of amides is 2. The smallest absolute Gasteiger partial charge is 0.261 e. The minimum absolute atomic E-state index is 0.280. The van der Waals surface area contributed by atoms with E-state index in [2.05, 4.69) is 10.6 Å². The molecule has 6 heteroatoms. The maximum Gasteiger partial charge on any atom is 0.261 e. The minimum atomic E-state index is -0.665. The number of nitrogens with one attached hydrogen (secondary N) is 2. The molecule has 0 saturated heterocycles. The van der Waals surface area contributed by atoms with Crippen molar-refractivity contribution in [2.24, 2.45) is 0 Å². The highest BCUT2D eigenvalue weighted by atomic mass is 32.1. The minimum Gasteiger partial charge on any atom is -0.340 e. The molecule has 1 rings (SSSR count). The SMILES string of the molecule is CC[C@@H](C#N)NC(=O)[C@@H](C)NC(=O)c1cccs1. The van der Waals surface area contributed by atoms with Crippen LogP contribution in [0, 0.1) is 11.3 Å². The van der Waals surface area contributed by atoms with E-state index in [4.69, 9.17) is 5.26 Å². The van der Waals surface area contributed by atoms with Gasteiger partial charge in [0.05, 0.1) is 10.9 Å². The molecule has 1 heterocycles. The van der Waals surface area contributed by atoms with Gasteiger partial charge in [-0.1, -0.05) is 13.0 Å². The second-order valence-electron chi connectivity index (χ2n) is 3.77. The van der Waals surface area contributed by atoms with Crippen LogP contribution < -0.4 is 10.6 Å². The van der Waals surface area contributed by atoms with Crippen LogP contribution in [0.25, 0.3) is 0 Å². The van der Waals surface area contributed by atoms with E-state index >= 15 is 0 Å². The molecule has 0 aliphatic heterocycles. The highest BCUT2D eigenvalue weighted by Crippen LogP contribution is 2.08. The Morgan fingerprint density at radius 1 is 1.50 bits per heavy atom. The number of carbonyl (C=O) groups excluding carboxylic acids is 2. The van der Waals surface area contributed by atoms with Gasteiger partial charge in [0.1, 0.15) is 12.1 Å². The van der Waals surface area contributed by atoms with Crippen molar-refractivity contribution in [1.29, 1.82) is 5.26 Å². The standard InChI is InChI=1S/C12H15N3O2S/c1-3-9(7-13)15-11(16)8(2)14-12(17)10-5-4-6-18-10/h4-6,8-9H,3H2,1-2H3,(H,14,17)(H,15,16)/t8-,9+/m1/s1. The topological polar surface area (TPSA) is 82.0 Å². The van der Waals surface area contributed by atoms with Gasteiger partial charge in [-0.05, 0) is 24.8 Å². The lowest BCUT2D eigenvalue weighted by molar-refractivity contribution is -0.122. The average molecular weight is 265 g/mol. The van der Waals surface area contributed by atoms with Gasteiger partial charge in [-0.3, -0.25) is 9.59 Å². The zero-order valence-corrected chi connectivity index (χ0v) is 11.1. The molecule has 2 atom stereocenters. The summed E-state index contributed by atoms with van der Waals surface area (Å²) < 4.78 is 0. The second-order valence-corrected chi connectivity index (χ2v) is 4.72. The average Bonchev–Trinajstić information content (AvgIpc) is 2.89. The molecule has 0 bridgehead atoms. The van der Waals surface area contributed by atoms with Crippen LogP contribution in [0.15, 0.2) is 17.5 Å². The van der Waals surface area contributed by atoms with Gasteiger partial charge in [0, 0.05) is 0 Å². The molecule has 0 spiro atoms. The summed E-state index contributed by atoms with van der Waals surface area (Å²) in [5.41, 5.74) is 0. The van der Waals surface area contributed by atoms with E-state index in [0.717, 1.165) is 0 Å². The number of hydrogen-bond acceptors (Lipinski definition) is 4. The Hall–Kier alpha value is -1.87. The molecule has 0 saturated carbocycles. The fourth-order valence-electron chi connectivity index (χ4n) is 1.26. The zero-order chi connectivity index (χ0) is 13.5. The Bertz CT molecular complexity index is 450. The number of thiophene rings is 1. The van der Waals surface area contributed by atoms with Crippen LogP contribution in [0.1, 0.15) is 29.9 Å². The van der Waals surface area contributed by atoms with Crippen molar-refractivity contribution in [3.8, 4) is 6.07 Å². The number of nitrogens with zero attached hydrogens (tertiary/aromatic N) is 1. The molecule has 0 fully saturated rings.